The van der Waals surface area contributed by atoms with Crippen LogP contribution in [-0.4, -0.2) is 10.9 Å². The first-order valence-corrected chi connectivity index (χ1v) is 9.39. The Balaban J connectivity index is 1.80. The SMILES string of the molecule is Cc1c(-c2ccccc2)oc2c(C(=O)NC(C)c3ccncc3)cccc2c1=O. The van der Waals surface area contributed by atoms with Gasteiger partial charge in [-0.3, -0.25) is 14.6 Å². The van der Waals surface area contributed by atoms with Gasteiger partial charge < -0.3 is 9.73 Å². The molecule has 0 bridgehead atoms. The van der Waals surface area contributed by atoms with E-state index in [0.717, 1.165) is 11.1 Å². The van der Waals surface area contributed by atoms with Gasteiger partial charge in [0.1, 0.15) is 5.76 Å². The highest BCUT2D eigenvalue weighted by Gasteiger charge is 2.19. The Morgan fingerprint density at radius 3 is 2.45 bits per heavy atom. The zero-order chi connectivity index (χ0) is 20.4. The normalized spacial score (nSPS) is 11.9. The largest absolute Gasteiger partial charge is 0.455 e. The lowest BCUT2D eigenvalue weighted by molar-refractivity contribution is 0.0940. The molecule has 0 fully saturated rings. The number of nitrogens with zero attached hydrogens (tertiary/aromatic N) is 1. The minimum atomic E-state index is -0.300. The quantitative estimate of drug-likeness (QED) is 0.556. The maximum Gasteiger partial charge on any atom is 0.255 e. The van der Waals surface area contributed by atoms with Crippen LogP contribution in [0.4, 0.5) is 0 Å². The van der Waals surface area contributed by atoms with Gasteiger partial charge in [-0.15, -0.1) is 0 Å². The van der Waals surface area contributed by atoms with E-state index in [1.54, 1.807) is 37.5 Å². The van der Waals surface area contributed by atoms with Gasteiger partial charge in [-0.05, 0) is 43.7 Å². The number of hydrogen-bond donors (Lipinski definition) is 1. The number of pyridine rings is 1. The van der Waals surface area contributed by atoms with Crippen LogP contribution in [0, 0.1) is 6.92 Å². The molecule has 5 nitrogen and oxygen atoms in total. The fourth-order valence-electron chi connectivity index (χ4n) is 3.36. The van der Waals surface area contributed by atoms with Crippen molar-refractivity contribution in [1.82, 2.24) is 10.3 Å². The first-order valence-electron chi connectivity index (χ1n) is 9.39. The molecule has 2 aromatic heterocycles. The highest BCUT2D eigenvalue weighted by atomic mass is 16.3. The maximum atomic E-state index is 13.0. The summed E-state index contributed by atoms with van der Waals surface area (Å²) >= 11 is 0. The minimum absolute atomic E-state index is 0.137. The van der Waals surface area contributed by atoms with Crippen molar-refractivity contribution in [3.63, 3.8) is 0 Å². The lowest BCUT2D eigenvalue weighted by Crippen LogP contribution is -2.27. The van der Waals surface area contributed by atoms with Crippen molar-refractivity contribution < 1.29 is 9.21 Å². The zero-order valence-electron chi connectivity index (χ0n) is 16.2. The second kappa shape index (κ2) is 7.72. The molecule has 1 amide bonds. The summed E-state index contributed by atoms with van der Waals surface area (Å²) in [7, 11) is 0. The summed E-state index contributed by atoms with van der Waals surface area (Å²) in [6.45, 7) is 3.64. The van der Waals surface area contributed by atoms with Gasteiger partial charge >= 0.3 is 0 Å². The Morgan fingerprint density at radius 2 is 1.72 bits per heavy atom. The summed E-state index contributed by atoms with van der Waals surface area (Å²) in [6.07, 6.45) is 3.37. The number of rotatable bonds is 4. The summed E-state index contributed by atoms with van der Waals surface area (Å²) in [5.41, 5.74) is 2.74. The Kier molecular flexibility index (Phi) is 4.96. The molecular weight excluding hydrogens is 364 g/mol. The van der Waals surface area contributed by atoms with Gasteiger partial charge in [0.25, 0.3) is 5.91 Å². The number of fused-ring (bicyclic) bond motifs is 1. The molecular formula is C24H20N2O3. The number of aromatic nitrogens is 1. The molecule has 0 spiro atoms. The van der Waals surface area contributed by atoms with Crippen LogP contribution in [0.3, 0.4) is 0 Å². The molecule has 144 valence electrons. The Hall–Kier alpha value is -3.73. The molecule has 29 heavy (non-hydrogen) atoms. The van der Waals surface area contributed by atoms with Crippen molar-refractivity contribution >= 4 is 16.9 Å². The summed E-state index contributed by atoms with van der Waals surface area (Å²) in [5, 5.41) is 3.36. The van der Waals surface area contributed by atoms with E-state index in [0.29, 0.717) is 27.9 Å². The molecule has 0 aliphatic heterocycles. The van der Waals surface area contributed by atoms with E-state index in [9.17, 15) is 9.59 Å². The van der Waals surface area contributed by atoms with E-state index in [1.165, 1.54) is 0 Å². The smallest absolute Gasteiger partial charge is 0.255 e. The predicted octanol–water partition coefficient (Wildman–Crippen LogP) is 4.65. The predicted molar refractivity (Wildman–Crippen MR) is 113 cm³/mol. The number of nitrogens with one attached hydrogen (secondary N) is 1. The first kappa shape index (κ1) is 18.6. The number of para-hydroxylation sites is 1. The van der Waals surface area contributed by atoms with Gasteiger partial charge in [0.05, 0.1) is 17.0 Å². The second-order valence-corrected chi connectivity index (χ2v) is 6.91. The fraction of sp³-hybridized carbons (Fsp3) is 0.125. The molecule has 2 heterocycles. The topological polar surface area (TPSA) is 72.2 Å². The van der Waals surface area contributed by atoms with Crippen molar-refractivity contribution in [2.24, 2.45) is 0 Å². The van der Waals surface area contributed by atoms with Crippen LogP contribution < -0.4 is 10.7 Å². The Morgan fingerprint density at radius 1 is 1.00 bits per heavy atom. The summed E-state index contributed by atoms with van der Waals surface area (Å²) < 4.78 is 6.13. The zero-order valence-corrected chi connectivity index (χ0v) is 16.2. The van der Waals surface area contributed by atoms with Crippen molar-refractivity contribution in [3.8, 4) is 11.3 Å². The number of amides is 1. The average Bonchev–Trinajstić information content (AvgIpc) is 2.77. The second-order valence-electron chi connectivity index (χ2n) is 6.91. The van der Waals surface area contributed by atoms with E-state index in [4.69, 9.17) is 4.42 Å². The van der Waals surface area contributed by atoms with E-state index >= 15 is 0 Å². The summed E-state index contributed by atoms with van der Waals surface area (Å²) in [5.74, 6) is 0.177. The molecule has 1 unspecified atom stereocenters. The van der Waals surface area contributed by atoms with Crippen LogP contribution in [0.1, 0.15) is 34.5 Å². The van der Waals surface area contributed by atoms with Crippen LogP contribution in [0.15, 0.2) is 82.3 Å². The van der Waals surface area contributed by atoms with Gasteiger partial charge in [-0.2, -0.15) is 0 Å². The molecule has 0 aliphatic carbocycles. The van der Waals surface area contributed by atoms with Crippen molar-refractivity contribution in [2.75, 3.05) is 0 Å². The van der Waals surface area contributed by atoms with Crippen molar-refractivity contribution in [2.45, 2.75) is 19.9 Å². The first-order chi connectivity index (χ1) is 14.1. The maximum absolute atomic E-state index is 13.0. The van der Waals surface area contributed by atoms with Crippen LogP contribution >= 0.6 is 0 Å². The molecule has 5 heteroatoms. The molecule has 1 atom stereocenters. The minimum Gasteiger partial charge on any atom is -0.455 e. The third-order valence-electron chi connectivity index (χ3n) is 4.98. The Labute approximate surface area is 168 Å². The third-order valence-corrected chi connectivity index (χ3v) is 4.98. The summed E-state index contributed by atoms with van der Waals surface area (Å²) in [6, 6.07) is 18.0. The van der Waals surface area contributed by atoms with Gasteiger partial charge in [-0.1, -0.05) is 36.4 Å². The summed E-state index contributed by atoms with van der Waals surface area (Å²) in [4.78, 5) is 29.9. The number of carbonyl (C=O) groups excluding carboxylic acids is 1. The van der Waals surface area contributed by atoms with Crippen LogP contribution in [0.5, 0.6) is 0 Å². The van der Waals surface area contributed by atoms with E-state index in [-0.39, 0.29) is 17.4 Å². The highest BCUT2D eigenvalue weighted by molar-refractivity contribution is 6.05. The van der Waals surface area contributed by atoms with E-state index < -0.39 is 0 Å². The van der Waals surface area contributed by atoms with Gasteiger partial charge in [0.15, 0.2) is 11.0 Å². The van der Waals surface area contributed by atoms with Crippen LogP contribution in [-0.2, 0) is 0 Å². The molecule has 0 aliphatic rings. The molecule has 4 aromatic rings. The fourth-order valence-corrected chi connectivity index (χ4v) is 3.36. The number of hydrogen-bond acceptors (Lipinski definition) is 4. The lowest BCUT2D eigenvalue weighted by Gasteiger charge is -2.15. The highest BCUT2D eigenvalue weighted by Crippen LogP contribution is 2.27. The number of benzene rings is 2. The van der Waals surface area contributed by atoms with Crippen molar-refractivity contribution in [1.29, 1.82) is 0 Å². The molecule has 1 N–H and O–H groups in total. The standard InChI is InChI=1S/C24H20N2O3/c1-15-21(27)19-9-6-10-20(23(19)29-22(15)18-7-4-3-5-8-18)24(28)26-16(2)17-11-13-25-14-12-17/h3-14,16H,1-2H3,(H,26,28). The van der Waals surface area contributed by atoms with Crippen LogP contribution in [0.25, 0.3) is 22.3 Å². The van der Waals surface area contributed by atoms with E-state index in [1.807, 2.05) is 49.4 Å². The van der Waals surface area contributed by atoms with Gasteiger partial charge in [-0.25, -0.2) is 0 Å². The Bertz CT molecular complexity index is 1230. The monoisotopic (exact) mass is 384 g/mol. The van der Waals surface area contributed by atoms with E-state index in [2.05, 4.69) is 10.3 Å². The molecule has 2 aromatic carbocycles. The molecule has 0 saturated heterocycles. The average molecular weight is 384 g/mol. The lowest BCUT2D eigenvalue weighted by atomic mass is 10.0. The molecule has 0 radical (unpaired) electrons. The van der Waals surface area contributed by atoms with Crippen molar-refractivity contribution in [3.05, 3.63) is 100.0 Å². The van der Waals surface area contributed by atoms with Gasteiger partial charge in [0, 0.05) is 23.5 Å². The molecule has 0 saturated carbocycles. The van der Waals surface area contributed by atoms with Gasteiger partial charge in [0.2, 0.25) is 0 Å². The van der Waals surface area contributed by atoms with Crippen LogP contribution in [0.2, 0.25) is 0 Å². The number of carbonyl (C=O) groups is 1. The molecule has 4 rings (SSSR count). The third kappa shape index (κ3) is 3.55.